The van der Waals surface area contributed by atoms with Crippen LogP contribution in [-0.2, 0) is 0 Å². The number of hydrogen-bond donors (Lipinski definition) is 2. The molecule has 3 rings (SSSR count). The fourth-order valence-corrected chi connectivity index (χ4v) is 2.26. The summed E-state index contributed by atoms with van der Waals surface area (Å²) >= 11 is 0. The van der Waals surface area contributed by atoms with Gasteiger partial charge in [0.15, 0.2) is 0 Å². The van der Waals surface area contributed by atoms with Crippen LogP contribution >= 0.6 is 0 Å². The molecule has 1 atom stereocenters. The predicted octanol–water partition coefficient (Wildman–Crippen LogP) is 1.64. The summed E-state index contributed by atoms with van der Waals surface area (Å²) in [4.78, 5) is 7.45. The molecule has 72 valence electrons. The van der Waals surface area contributed by atoms with Gasteiger partial charge >= 0.3 is 0 Å². The first-order chi connectivity index (χ1) is 6.95. The van der Waals surface area contributed by atoms with E-state index in [2.05, 4.69) is 27.4 Å². The Morgan fingerprint density at radius 3 is 3.21 bits per heavy atom. The molecule has 1 fully saturated rings. The van der Waals surface area contributed by atoms with E-state index >= 15 is 0 Å². The quantitative estimate of drug-likeness (QED) is 0.712. The summed E-state index contributed by atoms with van der Waals surface area (Å²) in [6, 6.07) is 4.27. The van der Waals surface area contributed by atoms with Gasteiger partial charge in [-0.25, -0.2) is 4.98 Å². The fourth-order valence-electron chi connectivity index (χ4n) is 2.26. The first-order valence-electron chi connectivity index (χ1n) is 5.08. The number of nitrogens with one attached hydrogen (secondary N) is 2. The van der Waals surface area contributed by atoms with Gasteiger partial charge in [-0.05, 0) is 36.6 Å². The molecule has 1 unspecified atom stereocenters. The molecule has 3 heteroatoms. The van der Waals surface area contributed by atoms with Crippen molar-refractivity contribution < 1.29 is 0 Å². The zero-order valence-corrected chi connectivity index (χ0v) is 7.96. The van der Waals surface area contributed by atoms with Crippen LogP contribution in [0.5, 0.6) is 0 Å². The molecular weight excluding hydrogens is 174 g/mol. The van der Waals surface area contributed by atoms with Crippen molar-refractivity contribution in [2.45, 2.75) is 12.3 Å². The van der Waals surface area contributed by atoms with E-state index in [9.17, 15) is 0 Å². The van der Waals surface area contributed by atoms with Gasteiger partial charge < -0.3 is 10.3 Å². The van der Waals surface area contributed by atoms with Crippen molar-refractivity contribution >= 4 is 11.0 Å². The average molecular weight is 187 g/mol. The van der Waals surface area contributed by atoms with Crippen LogP contribution < -0.4 is 5.32 Å². The third-order valence-corrected chi connectivity index (χ3v) is 2.99. The SMILES string of the molecule is c1cc(C2CCNC2)c2cc[nH]c2n1. The molecule has 0 radical (unpaired) electrons. The topological polar surface area (TPSA) is 40.7 Å². The second kappa shape index (κ2) is 3.10. The van der Waals surface area contributed by atoms with E-state index in [4.69, 9.17) is 0 Å². The Morgan fingerprint density at radius 1 is 1.36 bits per heavy atom. The van der Waals surface area contributed by atoms with Crippen molar-refractivity contribution in [3.05, 3.63) is 30.1 Å². The van der Waals surface area contributed by atoms with Crippen LogP contribution in [0.4, 0.5) is 0 Å². The van der Waals surface area contributed by atoms with Crippen molar-refractivity contribution in [3.8, 4) is 0 Å². The Morgan fingerprint density at radius 2 is 2.36 bits per heavy atom. The number of aromatic nitrogens is 2. The molecule has 0 spiro atoms. The van der Waals surface area contributed by atoms with Gasteiger partial charge in [0.05, 0.1) is 0 Å². The van der Waals surface area contributed by atoms with Gasteiger partial charge in [0.25, 0.3) is 0 Å². The minimum atomic E-state index is 0.663. The summed E-state index contributed by atoms with van der Waals surface area (Å²) in [5.74, 6) is 0.663. The van der Waals surface area contributed by atoms with E-state index < -0.39 is 0 Å². The summed E-state index contributed by atoms with van der Waals surface area (Å²) in [7, 11) is 0. The van der Waals surface area contributed by atoms with Crippen molar-refractivity contribution in [2.24, 2.45) is 0 Å². The third kappa shape index (κ3) is 1.13. The maximum Gasteiger partial charge on any atom is 0.137 e. The smallest absolute Gasteiger partial charge is 0.137 e. The molecular formula is C11H13N3. The fraction of sp³-hybridized carbons (Fsp3) is 0.364. The predicted molar refractivity (Wildman–Crippen MR) is 56.3 cm³/mol. The van der Waals surface area contributed by atoms with Crippen molar-refractivity contribution in [3.63, 3.8) is 0 Å². The molecule has 1 saturated heterocycles. The highest BCUT2D eigenvalue weighted by Crippen LogP contribution is 2.27. The summed E-state index contributed by atoms with van der Waals surface area (Å²) in [5, 5.41) is 4.68. The highest BCUT2D eigenvalue weighted by Gasteiger charge is 2.18. The highest BCUT2D eigenvalue weighted by molar-refractivity contribution is 5.79. The van der Waals surface area contributed by atoms with E-state index in [1.165, 1.54) is 17.4 Å². The van der Waals surface area contributed by atoms with Crippen LogP contribution in [0.15, 0.2) is 24.5 Å². The Balaban J connectivity index is 2.14. The van der Waals surface area contributed by atoms with Gasteiger partial charge in [-0.15, -0.1) is 0 Å². The van der Waals surface area contributed by atoms with E-state index in [1.54, 1.807) is 0 Å². The van der Waals surface area contributed by atoms with Crippen LogP contribution in [0.25, 0.3) is 11.0 Å². The van der Waals surface area contributed by atoms with Gasteiger partial charge in [-0.2, -0.15) is 0 Å². The number of hydrogen-bond acceptors (Lipinski definition) is 2. The Hall–Kier alpha value is -1.35. The maximum atomic E-state index is 4.30. The molecule has 1 aliphatic rings. The number of H-pyrrole nitrogens is 1. The van der Waals surface area contributed by atoms with Crippen LogP contribution in [0.1, 0.15) is 17.9 Å². The number of nitrogens with zero attached hydrogens (tertiary/aromatic N) is 1. The summed E-state index contributed by atoms with van der Waals surface area (Å²) in [6.07, 6.45) is 5.10. The number of rotatable bonds is 1. The molecule has 0 bridgehead atoms. The van der Waals surface area contributed by atoms with E-state index in [-0.39, 0.29) is 0 Å². The van der Waals surface area contributed by atoms with Gasteiger partial charge in [-0.1, -0.05) is 0 Å². The van der Waals surface area contributed by atoms with Gasteiger partial charge in [0.2, 0.25) is 0 Å². The monoisotopic (exact) mass is 187 g/mol. The molecule has 14 heavy (non-hydrogen) atoms. The molecule has 2 aromatic heterocycles. The van der Waals surface area contributed by atoms with Crippen molar-refractivity contribution in [1.29, 1.82) is 0 Å². The standard InChI is InChI=1S/C11H13N3/c1-4-12-7-8(1)9-2-5-13-11-10(9)3-6-14-11/h2-3,5-6,8,12H,1,4,7H2,(H,13,14). The molecule has 0 aromatic carbocycles. The van der Waals surface area contributed by atoms with E-state index in [0.29, 0.717) is 5.92 Å². The molecule has 0 aliphatic carbocycles. The lowest BCUT2D eigenvalue weighted by Gasteiger charge is -2.09. The first-order valence-corrected chi connectivity index (χ1v) is 5.08. The molecule has 3 heterocycles. The zero-order chi connectivity index (χ0) is 9.38. The lowest BCUT2D eigenvalue weighted by atomic mass is 9.97. The maximum absolute atomic E-state index is 4.30. The molecule has 2 N–H and O–H groups in total. The highest BCUT2D eigenvalue weighted by atomic mass is 14.9. The first kappa shape index (κ1) is 8.00. The van der Waals surface area contributed by atoms with Crippen LogP contribution in [0.3, 0.4) is 0 Å². The van der Waals surface area contributed by atoms with Crippen LogP contribution in [0.2, 0.25) is 0 Å². The number of fused-ring (bicyclic) bond motifs is 1. The second-order valence-electron chi connectivity index (χ2n) is 3.83. The Bertz CT molecular complexity index is 440. The molecule has 0 saturated carbocycles. The molecule has 0 amide bonds. The number of pyridine rings is 1. The van der Waals surface area contributed by atoms with Crippen LogP contribution in [0, 0.1) is 0 Å². The average Bonchev–Trinajstić information content (AvgIpc) is 2.88. The molecule has 1 aliphatic heterocycles. The lowest BCUT2D eigenvalue weighted by molar-refractivity contribution is 0.769. The van der Waals surface area contributed by atoms with E-state index in [1.807, 2.05) is 12.4 Å². The van der Waals surface area contributed by atoms with E-state index in [0.717, 1.165) is 18.7 Å². The van der Waals surface area contributed by atoms with Crippen molar-refractivity contribution in [2.75, 3.05) is 13.1 Å². The van der Waals surface area contributed by atoms with Crippen LogP contribution in [-0.4, -0.2) is 23.1 Å². The summed E-state index contributed by atoms with van der Waals surface area (Å²) < 4.78 is 0. The Labute approximate surface area is 82.5 Å². The van der Waals surface area contributed by atoms with Crippen molar-refractivity contribution in [1.82, 2.24) is 15.3 Å². The Kier molecular flexibility index (Phi) is 1.77. The second-order valence-corrected chi connectivity index (χ2v) is 3.83. The van der Waals surface area contributed by atoms with Gasteiger partial charge in [-0.3, -0.25) is 0 Å². The largest absolute Gasteiger partial charge is 0.346 e. The minimum Gasteiger partial charge on any atom is -0.346 e. The summed E-state index contributed by atoms with van der Waals surface area (Å²) in [5.41, 5.74) is 2.44. The zero-order valence-electron chi connectivity index (χ0n) is 7.96. The lowest BCUT2D eigenvalue weighted by Crippen LogP contribution is -2.08. The molecule has 2 aromatic rings. The molecule has 3 nitrogen and oxygen atoms in total. The minimum absolute atomic E-state index is 0.663. The van der Waals surface area contributed by atoms with Gasteiger partial charge in [0, 0.05) is 24.3 Å². The number of aromatic amines is 1. The van der Waals surface area contributed by atoms with Gasteiger partial charge in [0.1, 0.15) is 5.65 Å². The summed E-state index contributed by atoms with van der Waals surface area (Å²) in [6.45, 7) is 2.24. The normalized spacial score (nSPS) is 21.9. The third-order valence-electron chi connectivity index (χ3n) is 2.99.